The highest BCUT2D eigenvalue weighted by molar-refractivity contribution is 8.03. The van der Waals surface area contributed by atoms with Gasteiger partial charge in [0, 0.05) is 37.4 Å². The van der Waals surface area contributed by atoms with E-state index in [-0.39, 0.29) is 11.8 Å². The molecule has 0 bridgehead atoms. The number of aromatic nitrogens is 2. The Hall–Kier alpha value is -1.88. The zero-order chi connectivity index (χ0) is 24.2. The topological polar surface area (TPSA) is 79.9 Å². The zero-order valence-corrected chi connectivity index (χ0v) is 22.1. The summed E-state index contributed by atoms with van der Waals surface area (Å²) in [5.41, 5.74) is 3.92. The van der Waals surface area contributed by atoms with Gasteiger partial charge in [0.2, 0.25) is 0 Å². The van der Waals surface area contributed by atoms with Gasteiger partial charge < -0.3 is 9.80 Å². The summed E-state index contributed by atoms with van der Waals surface area (Å²) in [4.78, 5) is 15.3. The summed E-state index contributed by atoms with van der Waals surface area (Å²) in [6, 6.07) is 4.36. The van der Waals surface area contributed by atoms with Crippen LogP contribution in [-0.2, 0) is 0 Å². The van der Waals surface area contributed by atoms with Crippen LogP contribution in [0.1, 0.15) is 58.2 Å². The Morgan fingerprint density at radius 1 is 1.26 bits per heavy atom. The van der Waals surface area contributed by atoms with Crippen LogP contribution in [0.15, 0.2) is 27.7 Å². The Morgan fingerprint density at radius 2 is 2.09 bits per heavy atom. The molecular weight excluding hydrogens is 464 g/mol. The molecule has 1 aliphatic carbocycles. The number of thioether (sulfide) groups is 1. The quantitative estimate of drug-likeness (QED) is 0.400. The molecule has 1 aromatic rings. The van der Waals surface area contributed by atoms with Gasteiger partial charge in [0.15, 0.2) is 5.82 Å². The average Bonchev–Trinajstić information content (AvgIpc) is 3.14. The highest BCUT2D eigenvalue weighted by Crippen LogP contribution is 2.49. The van der Waals surface area contributed by atoms with Crippen molar-refractivity contribution < 1.29 is 0 Å². The van der Waals surface area contributed by atoms with Crippen LogP contribution < -0.4 is 4.90 Å². The van der Waals surface area contributed by atoms with Crippen LogP contribution in [0.3, 0.4) is 0 Å². The van der Waals surface area contributed by atoms with Crippen molar-refractivity contribution in [1.82, 2.24) is 14.9 Å². The van der Waals surface area contributed by atoms with Crippen molar-refractivity contribution in [2.45, 2.75) is 52.4 Å². The summed E-state index contributed by atoms with van der Waals surface area (Å²) in [6.07, 6.45) is 6.09. The van der Waals surface area contributed by atoms with Gasteiger partial charge in [-0.15, -0.1) is 11.8 Å². The molecule has 3 aliphatic rings. The molecule has 34 heavy (non-hydrogen) atoms. The third kappa shape index (κ3) is 5.35. The highest BCUT2D eigenvalue weighted by atomic mass is 35.5. The minimum atomic E-state index is -0.00694. The largest absolute Gasteiger partial charge is 0.355 e. The lowest BCUT2D eigenvalue weighted by atomic mass is 9.75. The molecule has 3 heterocycles. The first-order valence-electron chi connectivity index (χ1n) is 12.4. The lowest BCUT2D eigenvalue weighted by Crippen LogP contribution is -2.30. The minimum Gasteiger partial charge on any atom is -0.355 e. The summed E-state index contributed by atoms with van der Waals surface area (Å²) >= 11 is 8.32. The van der Waals surface area contributed by atoms with Gasteiger partial charge in [0.05, 0.1) is 12.0 Å². The van der Waals surface area contributed by atoms with E-state index < -0.39 is 0 Å². The summed E-state index contributed by atoms with van der Waals surface area (Å²) in [6.45, 7) is 8.17. The van der Waals surface area contributed by atoms with E-state index in [1.54, 1.807) is 0 Å². The average molecular weight is 499 g/mol. The van der Waals surface area contributed by atoms with Crippen molar-refractivity contribution in [2.24, 2.45) is 11.8 Å². The second-order valence-electron chi connectivity index (χ2n) is 9.62. The molecule has 6 nitrogen and oxygen atoms in total. The van der Waals surface area contributed by atoms with Crippen LogP contribution in [0.5, 0.6) is 0 Å². The predicted octanol–water partition coefficient (Wildman–Crippen LogP) is 5.70. The molecule has 0 aromatic carbocycles. The SMILES string of the molecule is CCC/C(C(=N)c1nc(Cl)cc(N2CCCN(C)CC2)n1)=C(/C)[C@H]1CCCC2=C1C(C#N)CS2. The molecule has 0 amide bonds. The van der Waals surface area contributed by atoms with E-state index >= 15 is 0 Å². The lowest BCUT2D eigenvalue weighted by molar-refractivity contribution is 0.360. The number of rotatable bonds is 6. The fourth-order valence-corrected chi connectivity index (χ4v) is 6.99. The molecule has 1 saturated heterocycles. The monoisotopic (exact) mass is 498 g/mol. The third-order valence-corrected chi connectivity index (χ3v) is 8.78. The lowest BCUT2D eigenvalue weighted by Gasteiger charge is -2.29. The molecular formula is C26H35ClN6S. The van der Waals surface area contributed by atoms with Gasteiger partial charge in [-0.25, -0.2) is 9.97 Å². The molecule has 4 rings (SSSR count). The first-order chi connectivity index (χ1) is 16.4. The molecule has 2 aliphatic heterocycles. The molecule has 1 unspecified atom stereocenters. The number of hydrogen-bond donors (Lipinski definition) is 1. The standard InChI is InChI=1S/C26H35ClN6S/c1-4-7-20(17(2)19-8-5-9-21-24(19)18(15-28)16-34-21)25(29)26-30-22(27)14-23(31-26)33-11-6-10-32(3)12-13-33/h14,18-19,29H,4-13,16H2,1-3H3/b20-17+,29-25?/t18?,19-/m1/s1. The fourth-order valence-electron chi connectivity index (χ4n) is 5.45. The van der Waals surface area contributed by atoms with E-state index in [0.717, 1.165) is 81.8 Å². The Kier molecular flexibility index (Phi) is 8.34. The number of hydrogen-bond acceptors (Lipinski definition) is 7. The third-order valence-electron chi connectivity index (χ3n) is 7.30. The highest BCUT2D eigenvalue weighted by Gasteiger charge is 2.36. The Morgan fingerprint density at radius 3 is 2.85 bits per heavy atom. The maximum atomic E-state index is 9.76. The summed E-state index contributed by atoms with van der Waals surface area (Å²) in [7, 11) is 2.15. The molecule has 8 heteroatoms. The van der Waals surface area contributed by atoms with Gasteiger partial charge in [-0.05, 0) is 68.7 Å². The van der Waals surface area contributed by atoms with Crippen LogP contribution in [-0.4, -0.2) is 59.6 Å². The van der Waals surface area contributed by atoms with Crippen LogP contribution in [0.2, 0.25) is 5.15 Å². The van der Waals surface area contributed by atoms with Crippen molar-refractivity contribution in [3.05, 3.63) is 38.7 Å². The molecule has 0 radical (unpaired) electrons. The maximum Gasteiger partial charge on any atom is 0.181 e. The van der Waals surface area contributed by atoms with E-state index in [9.17, 15) is 5.26 Å². The number of allylic oxidation sites excluding steroid dienone is 4. The molecule has 182 valence electrons. The summed E-state index contributed by atoms with van der Waals surface area (Å²) in [5.74, 6) is 2.32. The first kappa shape index (κ1) is 25.2. The molecule has 1 aromatic heterocycles. The summed E-state index contributed by atoms with van der Waals surface area (Å²) in [5, 5.41) is 19.3. The van der Waals surface area contributed by atoms with E-state index in [1.165, 1.54) is 16.1 Å². The second kappa shape index (κ2) is 11.2. The van der Waals surface area contributed by atoms with Gasteiger partial charge in [-0.1, -0.05) is 30.5 Å². The predicted molar refractivity (Wildman–Crippen MR) is 142 cm³/mol. The fraction of sp³-hybridized carbons (Fsp3) is 0.615. The number of nitrogens with one attached hydrogen (secondary N) is 1. The van der Waals surface area contributed by atoms with Crippen molar-refractivity contribution in [3.8, 4) is 6.07 Å². The molecule has 0 saturated carbocycles. The Balaban J connectivity index is 1.68. The van der Waals surface area contributed by atoms with Crippen molar-refractivity contribution >= 4 is 34.9 Å². The molecule has 2 atom stereocenters. The molecule has 0 spiro atoms. The second-order valence-corrected chi connectivity index (χ2v) is 11.1. The van der Waals surface area contributed by atoms with Crippen LogP contribution in [0, 0.1) is 28.6 Å². The smallest absolute Gasteiger partial charge is 0.181 e. The van der Waals surface area contributed by atoms with E-state index in [2.05, 4.69) is 41.7 Å². The normalized spacial score (nSPS) is 24.4. The number of nitriles is 1. The summed E-state index contributed by atoms with van der Waals surface area (Å²) < 4.78 is 0. The van der Waals surface area contributed by atoms with Gasteiger partial charge in [-0.3, -0.25) is 5.41 Å². The van der Waals surface area contributed by atoms with E-state index in [4.69, 9.17) is 22.0 Å². The number of likely N-dealkylation sites (N-methyl/N-ethyl adjacent to an activating group) is 1. The first-order valence-corrected chi connectivity index (χ1v) is 13.8. The van der Waals surface area contributed by atoms with Gasteiger partial charge in [0.1, 0.15) is 16.7 Å². The number of nitrogens with zero attached hydrogens (tertiary/aromatic N) is 5. The minimum absolute atomic E-state index is 0.00694. The zero-order valence-electron chi connectivity index (χ0n) is 20.5. The Bertz CT molecular complexity index is 1040. The van der Waals surface area contributed by atoms with Crippen molar-refractivity contribution in [1.29, 1.82) is 10.7 Å². The number of anilines is 1. The van der Waals surface area contributed by atoms with Gasteiger partial charge in [-0.2, -0.15) is 5.26 Å². The maximum absolute atomic E-state index is 9.76. The van der Waals surface area contributed by atoms with Crippen molar-refractivity contribution in [3.63, 3.8) is 0 Å². The van der Waals surface area contributed by atoms with E-state index in [0.29, 0.717) is 16.7 Å². The number of halogens is 1. The van der Waals surface area contributed by atoms with Crippen LogP contribution in [0.4, 0.5) is 5.82 Å². The molecule has 1 fully saturated rings. The Labute approximate surface area is 213 Å². The van der Waals surface area contributed by atoms with Gasteiger partial charge in [0.25, 0.3) is 0 Å². The van der Waals surface area contributed by atoms with Crippen LogP contribution in [0.25, 0.3) is 0 Å². The molecule has 1 N–H and O–H groups in total. The van der Waals surface area contributed by atoms with E-state index in [1.807, 2.05) is 17.8 Å². The van der Waals surface area contributed by atoms with Crippen molar-refractivity contribution in [2.75, 3.05) is 43.9 Å². The van der Waals surface area contributed by atoms with Gasteiger partial charge >= 0.3 is 0 Å². The van der Waals surface area contributed by atoms with Crippen LogP contribution >= 0.6 is 23.4 Å².